The van der Waals surface area contributed by atoms with Gasteiger partial charge in [-0.3, -0.25) is 9.59 Å². The molecule has 3 nitrogen and oxygen atoms in total. The van der Waals surface area contributed by atoms with Crippen LogP contribution in [0.4, 0.5) is 0 Å². The SMILES string of the molecule is CC(C(=O)O)c1cccc(C(=O)c2ccccc2)c1.[Ag]. The van der Waals surface area contributed by atoms with Crippen LogP contribution in [-0.4, -0.2) is 16.9 Å². The average Bonchev–Trinajstić information content (AvgIpc) is 2.46. The summed E-state index contributed by atoms with van der Waals surface area (Å²) in [5.74, 6) is -1.62. The molecular weight excluding hydrogens is 348 g/mol. The Labute approximate surface area is 133 Å². The van der Waals surface area contributed by atoms with Crippen molar-refractivity contribution in [1.82, 2.24) is 0 Å². The van der Waals surface area contributed by atoms with E-state index in [-0.39, 0.29) is 28.2 Å². The number of carboxylic acid groups (broad SMARTS) is 1. The minimum Gasteiger partial charge on any atom is -0.481 e. The molecule has 0 aromatic heterocycles. The van der Waals surface area contributed by atoms with Gasteiger partial charge in [-0.05, 0) is 18.6 Å². The van der Waals surface area contributed by atoms with Crippen LogP contribution >= 0.6 is 0 Å². The molecule has 2 rings (SSSR count). The zero-order valence-electron chi connectivity index (χ0n) is 10.8. The van der Waals surface area contributed by atoms with E-state index in [9.17, 15) is 9.59 Å². The summed E-state index contributed by atoms with van der Waals surface area (Å²) >= 11 is 0. The number of ketones is 1. The summed E-state index contributed by atoms with van der Waals surface area (Å²) in [4.78, 5) is 23.2. The molecule has 0 amide bonds. The van der Waals surface area contributed by atoms with Crippen LogP contribution in [0.2, 0.25) is 0 Å². The molecule has 0 aliphatic heterocycles. The standard InChI is InChI=1S/C16H14O3.Ag/c1-11(16(18)19)13-8-5-9-14(10-13)15(17)12-6-3-2-4-7-12;/h2-11H,1H3,(H,18,19);. The second kappa shape index (κ2) is 7.20. The molecule has 0 spiro atoms. The third-order valence-corrected chi connectivity index (χ3v) is 3.06. The second-order valence-electron chi connectivity index (χ2n) is 4.38. The van der Waals surface area contributed by atoms with Crippen LogP contribution in [0.25, 0.3) is 0 Å². The first kappa shape index (κ1) is 16.4. The van der Waals surface area contributed by atoms with Crippen molar-refractivity contribution in [3.63, 3.8) is 0 Å². The summed E-state index contributed by atoms with van der Waals surface area (Å²) in [7, 11) is 0. The summed E-state index contributed by atoms with van der Waals surface area (Å²) < 4.78 is 0. The summed E-state index contributed by atoms with van der Waals surface area (Å²) in [6.45, 7) is 1.61. The molecule has 107 valence electrons. The molecule has 0 fully saturated rings. The smallest absolute Gasteiger partial charge is 0.310 e. The van der Waals surface area contributed by atoms with Crippen molar-refractivity contribution in [2.45, 2.75) is 12.8 Å². The van der Waals surface area contributed by atoms with Gasteiger partial charge >= 0.3 is 5.97 Å². The van der Waals surface area contributed by atoms with Gasteiger partial charge in [0.15, 0.2) is 5.78 Å². The quantitative estimate of drug-likeness (QED) is 0.672. The molecule has 4 heteroatoms. The monoisotopic (exact) mass is 361 g/mol. The normalized spacial score (nSPS) is 11.2. The van der Waals surface area contributed by atoms with Crippen LogP contribution in [0.15, 0.2) is 54.6 Å². The maximum Gasteiger partial charge on any atom is 0.310 e. The summed E-state index contributed by atoms with van der Waals surface area (Å²) in [6, 6.07) is 15.7. The first-order valence-electron chi connectivity index (χ1n) is 6.02. The Hall–Kier alpha value is -1.68. The van der Waals surface area contributed by atoms with Gasteiger partial charge in [-0.2, -0.15) is 0 Å². The Morgan fingerprint density at radius 1 is 0.950 bits per heavy atom. The Bertz CT molecular complexity index is 608. The van der Waals surface area contributed by atoms with E-state index >= 15 is 0 Å². The van der Waals surface area contributed by atoms with Crippen molar-refractivity contribution >= 4 is 11.8 Å². The molecule has 2 aromatic rings. The van der Waals surface area contributed by atoms with Crippen LogP contribution in [0.1, 0.15) is 34.3 Å². The fraction of sp³-hybridized carbons (Fsp3) is 0.125. The van der Waals surface area contributed by atoms with Crippen molar-refractivity contribution in [3.05, 3.63) is 71.3 Å². The van der Waals surface area contributed by atoms with E-state index < -0.39 is 11.9 Å². The largest absolute Gasteiger partial charge is 0.481 e. The number of hydrogen-bond donors (Lipinski definition) is 1. The summed E-state index contributed by atoms with van der Waals surface area (Å²) in [5, 5.41) is 9.00. The minimum atomic E-state index is -0.899. The van der Waals surface area contributed by atoms with Gasteiger partial charge in [-0.1, -0.05) is 48.5 Å². The zero-order chi connectivity index (χ0) is 13.8. The molecule has 1 radical (unpaired) electrons. The second-order valence-corrected chi connectivity index (χ2v) is 4.38. The molecule has 0 saturated heterocycles. The molecule has 0 heterocycles. The molecule has 1 unspecified atom stereocenters. The number of carbonyl (C=O) groups excluding carboxylic acids is 1. The van der Waals surface area contributed by atoms with Crippen LogP contribution < -0.4 is 0 Å². The molecule has 0 saturated carbocycles. The number of hydrogen-bond acceptors (Lipinski definition) is 2. The van der Waals surface area contributed by atoms with Gasteiger partial charge in [0, 0.05) is 33.5 Å². The van der Waals surface area contributed by atoms with Gasteiger partial charge in [-0.15, -0.1) is 0 Å². The van der Waals surface area contributed by atoms with E-state index in [4.69, 9.17) is 5.11 Å². The number of carbonyl (C=O) groups is 2. The van der Waals surface area contributed by atoms with E-state index in [0.717, 1.165) is 0 Å². The molecular formula is C16H14AgO3. The van der Waals surface area contributed by atoms with Crippen LogP contribution in [0.5, 0.6) is 0 Å². The fourth-order valence-corrected chi connectivity index (χ4v) is 1.85. The van der Waals surface area contributed by atoms with Crippen molar-refractivity contribution in [2.75, 3.05) is 0 Å². The fourth-order valence-electron chi connectivity index (χ4n) is 1.85. The molecule has 0 aliphatic carbocycles. The molecule has 2 aromatic carbocycles. The van der Waals surface area contributed by atoms with Gasteiger partial charge in [0.2, 0.25) is 0 Å². The predicted octanol–water partition coefficient (Wildman–Crippen LogP) is 3.10. The van der Waals surface area contributed by atoms with Gasteiger partial charge in [0.05, 0.1) is 5.92 Å². The Morgan fingerprint density at radius 2 is 1.55 bits per heavy atom. The maximum atomic E-state index is 12.2. The number of rotatable bonds is 4. The van der Waals surface area contributed by atoms with E-state index in [0.29, 0.717) is 16.7 Å². The third-order valence-electron chi connectivity index (χ3n) is 3.06. The van der Waals surface area contributed by atoms with Crippen molar-refractivity contribution in [3.8, 4) is 0 Å². The first-order chi connectivity index (χ1) is 9.09. The van der Waals surface area contributed by atoms with E-state index in [1.807, 2.05) is 6.07 Å². The minimum absolute atomic E-state index is 0. The van der Waals surface area contributed by atoms with Crippen LogP contribution in [0.3, 0.4) is 0 Å². The molecule has 0 aliphatic rings. The Balaban J connectivity index is 0.00000200. The predicted molar refractivity (Wildman–Crippen MR) is 72.4 cm³/mol. The number of benzene rings is 2. The molecule has 0 bridgehead atoms. The molecule has 1 N–H and O–H groups in total. The number of aliphatic carboxylic acids is 1. The summed E-state index contributed by atoms with van der Waals surface area (Å²) in [5.41, 5.74) is 1.74. The summed E-state index contributed by atoms with van der Waals surface area (Å²) in [6.07, 6.45) is 0. The van der Waals surface area contributed by atoms with Gasteiger partial charge in [-0.25, -0.2) is 0 Å². The van der Waals surface area contributed by atoms with Crippen molar-refractivity contribution < 1.29 is 37.1 Å². The maximum absolute atomic E-state index is 12.2. The zero-order valence-corrected chi connectivity index (χ0v) is 12.3. The van der Waals surface area contributed by atoms with E-state index in [1.165, 1.54) is 0 Å². The first-order valence-corrected chi connectivity index (χ1v) is 6.02. The number of carboxylic acids is 1. The van der Waals surface area contributed by atoms with Crippen molar-refractivity contribution in [2.24, 2.45) is 0 Å². The van der Waals surface area contributed by atoms with Gasteiger partial charge < -0.3 is 5.11 Å². The Kier molecular flexibility index (Phi) is 5.89. The molecule has 1 atom stereocenters. The average molecular weight is 362 g/mol. The van der Waals surface area contributed by atoms with Crippen molar-refractivity contribution in [1.29, 1.82) is 0 Å². The molecule has 20 heavy (non-hydrogen) atoms. The van der Waals surface area contributed by atoms with E-state index in [2.05, 4.69) is 0 Å². The van der Waals surface area contributed by atoms with E-state index in [1.54, 1.807) is 55.5 Å². The van der Waals surface area contributed by atoms with Crippen LogP contribution in [-0.2, 0) is 27.2 Å². The van der Waals surface area contributed by atoms with Crippen LogP contribution in [0, 0.1) is 0 Å². The Morgan fingerprint density at radius 3 is 2.15 bits per heavy atom. The third kappa shape index (κ3) is 3.67. The van der Waals surface area contributed by atoms with Gasteiger partial charge in [0.1, 0.15) is 0 Å². The topological polar surface area (TPSA) is 54.4 Å². The van der Waals surface area contributed by atoms with Gasteiger partial charge in [0.25, 0.3) is 0 Å².